The topological polar surface area (TPSA) is 179 Å². The van der Waals surface area contributed by atoms with E-state index in [4.69, 9.17) is 9.47 Å². The molecule has 4 saturated heterocycles. The monoisotopic (exact) mass is 696 g/mol. The molecule has 4 atom stereocenters. The molecule has 14 heteroatoms. The molecular formula is C36H48N4O10+2. The van der Waals surface area contributed by atoms with Gasteiger partial charge in [0.15, 0.2) is 0 Å². The minimum atomic E-state index is -1.45. The van der Waals surface area contributed by atoms with Gasteiger partial charge >= 0.3 is 11.9 Å². The summed E-state index contributed by atoms with van der Waals surface area (Å²) < 4.78 is 12.4. The van der Waals surface area contributed by atoms with Gasteiger partial charge in [0.1, 0.15) is 24.6 Å². The number of carboxylic acids is 2. The quantitative estimate of drug-likeness (QED) is 0.153. The number of carbonyl (C=O) groups is 2. The second-order valence-electron chi connectivity index (χ2n) is 15.5. The molecule has 0 radical (unpaired) electrons. The number of nitro benzene ring substituents is 2. The minimum absolute atomic E-state index is 0.0118. The van der Waals surface area contributed by atoms with E-state index in [1.54, 1.807) is 38.5 Å². The van der Waals surface area contributed by atoms with Gasteiger partial charge in [0.05, 0.1) is 85.3 Å². The fourth-order valence-corrected chi connectivity index (χ4v) is 10.9. The first kappa shape index (κ1) is 35.5. The van der Waals surface area contributed by atoms with E-state index < -0.39 is 33.6 Å². The molecule has 4 aliphatic rings. The fraction of sp³-hybridized carbons (Fsp3) is 0.611. The number of methoxy groups -OCH3 is 2. The lowest BCUT2D eigenvalue weighted by molar-refractivity contribution is -0.963. The highest BCUT2D eigenvalue weighted by Crippen LogP contribution is 2.59. The molecule has 50 heavy (non-hydrogen) atoms. The molecule has 0 amide bonds. The number of carboxylic acid groups (broad SMARTS) is 2. The zero-order chi connectivity index (χ0) is 36.2. The highest BCUT2D eigenvalue weighted by Gasteiger charge is 2.64. The lowest BCUT2D eigenvalue weighted by Gasteiger charge is -2.55. The van der Waals surface area contributed by atoms with Gasteiger partial charge in [-0.2, -0.15) is 0 Å². The van der Waals surface area contributed by atoms with E-state index in [2.05, 4.69) is 14.1 Å². The van der Waals surface area contributed by atoms with E-state index in [1.165, 1.54) is 12.1 Å². The van der Waals surface area contributed by atoms with E-state index in [-0.39, 0.29) is 47.4 Å². The summed E-state index contributed by atoms with van der Waals surface area (Å²) in [6.07, 6.45) is 5.28. The number of nitro groups is 2. The van der Waals surface area contributed by atoms with Crippen LogP contribution >= 0.6 is 0 Å². The normalized spacial score (nSPS) is 32.6. The number of ether oxygens (including phenoxy) is 2. The average molecular weight is 697 g/mol. The summed E-state index contributed by atoms with van der Waals surface area (Å²) in [4.78, 5) is 48.6. The molecule has 4 unspecified atom stereocenters. The van der Waals surface area contributed by atoms with Crippen LogP contribution in [0, 0.1) is 37.5 Å². The van der Waals surface area contributed by atoms with Gasteiger partial charge in [-0.1, -0.05) is 0 Å². The van der Waals surface area contributed by atoms with Gasteiger partial charge in [0.25, 0.3) is 11.4 Å². The summed E-state index contributed by atoms with van der Waals surface area (Å²) in [5.74, 6) is -1.69. The SMILES string of the molecule is COc1ccc([N+](=O)[O-])cc1C[N+]1(C)C2CCC1CC(C(CC(=O)O)(C(=O)O)C1CC3CCC(C1)[N+]3(C)Cc1cc([N+](=O)[O-])ccc1OC)C2. The highest BCUT2D eigenvalue weighted by atomic mass is 16.6. The molecule has 6 rings (SSSR count). The summed E-state index contributed by atoms with van der Waals surface area (Å²) in [5.41, 5.74) is -0.00699. The number of benzene rings is 2. The Morgan fingerprint density at radius 3 is 1.38 bits per heavy atom. The first-order valence-electron chi connectivity index (χ1n) is 17.4. The molecule has 0 spiro atoms. The molecule has 270 valence electrons. The van der Waals surface area contributed by atoms with Crippen molar-refractivity contribution < 1.29 is 48.1 Å². The van der Waals surface area contributed by atoms with Gasteiger partial charge in [0, 0.05) is 75.6 Å². The van der Waals surface area contributed by atoms with Crippen LogP contribution < -0.4 is 9.47 Å². The van der Waals surface area contributed by atoms with Crippen molar-refractivity contribution in [1.29, 1.82) is 0 Å². The van der Waals surface area contributed by atoms with E-state index >= 15 is 0 Å². The second kappa shape index (κ2) is 13.1. The van der Waals surface area contributed by atoms with Gasteiger partial charge in [-0.05, 0) is 24.0 Å². The number of piperidine rings is 2. The Hall–Kier alpha value is -4.30. The molecule has 14 nitrogen and oxygen atoms in total. The van der Waals surface area contributed by atoms with Crippen LogP contribution in [0.4, 0.5) is 11.4 Å². The summed E-state index contributed by atoms with van der Waals surface area (Å²) in [5, 5.41) is 44.6. The maximum atomic E-state index is 13.7. The van der Waals surface area contributed by atoms with Gasteiger partial charge < -0.3 is 28.7 Å². The van der Waals surface area contributed by atoms with Crippen LogP contribution in [-0.2, 0) is 22.7 Å². The van der Waals surface area contributed by atoms with E-state index in [1.807, 2.05) is 0 Å². The largest absolute Gasteiger partial charge is 0.496 e. The number of hydrogen-bond donors (Lipinski definition) is 2. The Morgan fingerprint density at radius 2 is 1.10 bits per heavy atom. The van der Waals surface area contributed by atoms with Crippen LogP contribution in [0.25, 0.3) is 0 Å². The van der Waals surface area contributed by atoms with Crippen LogP contribution in [0.2, 0.25) is 0 Å². The molecule has 4 bridgehead atoms. The van der Waals surface area contributed by atoms with Crippen LogP contribution in [0.3, 0.4) is 0 Å². The van der Waals surface area contributed by atoms with E-state index in [9.17, 15) is 40.0 Å². The lowest BCUT2D eigenvalue weighted by atomic mass is 9.57. The number of non-ortho nitro benzene ring substituents is 2. The summed E-state index contributed by atoms with van der Waals surface area (Å²) in [6, 6.07) is 9.50. The molecule has 0 saturated carbocycles. The van der Waals surface area contributed by atoms with Gasteiger partial charge in [0.2, 0.25) is 0 Å². The maximum Gasteiger partial charge on any atom is 0.310 e. The first-order chi connectivity index (χ1) is 23.7. The lowest BCUT2D eigenvalue weighted by Crippen LogP contribution is -2.63. The van der Waals surface area contributed by atoms with E-state index in [0.29, 0.717) is 59.2 Å². The second-order valence-corrected chi connectivity index (χ2v) is 15.5. The molecule has 2 aromatic rings. The Kier molecular flexibility index (Phi) is 9.31. The summed E-state index contributed by atoms with van der Waals surface area (Å²) >= 11 is 0. The Morgan fingerprint density at radius 1 is 0.740 bits per heavy atom. The van der Waals surface area contributed by atoms with Crippen molar-refractivity contribution in [2.24, 2.45) is 17.3 Å². The maximum absolute atomic E-state index is 13.7. The molecule has 2 aromatic carbocycles. The predicted octanol–water partition coefficient (Wildman–Crippen LogP) is 5.54. The van der Waals surface area contributed by atoms with Gasteiger partial charge in [-0.3, -0.25) is 29.8 Å². The van der Waals surface area contributed by atoms with Crippen LogP contribution in [0.5, 0.6) is 11.5 Å². The van der Waals surface area contributed by atoms with Gasteiger partial charge in [-0.15, -0.1) is 0 Å². The number of hydrogen-bond acceptors (Lipinski definition) is 8. The first-order valence-corrected chi connectivity index (χ1v) is 17.4. The smallest absolute Gasteiger partial charge is 0.310 e. The number of fused-ring (bicyclic) bond motifs is 4. The van der Waals surface area contributed by atoms with Crippen molar-refractivity contribution in [1.82, 2.24) is 0 Å². The third-order valence-corrected chi connectivity index (χ3v) is 13.5. The summed E-state index contributed by atoms with van der Waals surface area (Å²) in [6.45, 7) is 0.993. The van der Waals surface area contributed by atoms with Crippen molar-refractivity contribution in [3.63, 3.8) is 0 Å². The number of quaternary nitrogens is 2. The van der Waals surface area contributed by atoms with Crippen molar-refractivity contribution in [3.8, 4) is 11.5 Å². The average Bonchev–Trinajstić information content (AvgIpc) is 3.31. The molecule has 4 aliphatic heterocycles. The zero-order valence-electron chi connectivity index (χ0n) is 29.2. The number of rotatable bonds is 13. The minimum Gasteiger partial charge on any atom is -0.496 e. The van der Waals surface area contributed by atoms with Crippen molar-refractivity contribution in [2.75, 3.05) is 28.3 Å². The number of aliphatic carboxylic acids is 2. The van der Waals surface area contributed by atoms with Crippen molar-refractivity contribution >= 4 is 23.3 Å². The zero-order valence-corrected chi connectivity index (χ0v) is 29.2. The molecule has 4 heterocycles. The highest BCUT2D eigenvalue weighted by molar-refractivity contribution is 5.82. The van der Waals surface area contributed by atoms with Crippen molar-refractivity contribution in [2.45, 2.75) is 95.0 Å². The Labute approximate surface area is 291 Å². The van der Waals surface area contributed by atoms with Crippen molar-refractivity contribution in [3.05, 3.63) is 67.8 Å². The van der Waals surface area contributed by atoms with Gasteiger partial charge in [-0.25, -0.2) is 0 Å². The summed E-state index contributed by atoms with van der Waals surface area (Å²) in [7, 11) is 7.37. The van der Waals surface area contributed by atoms with Crippen LogP contribution in [-0.4, -0.2) is 93.4 Å². The molecular weight excluding hydrogens is 648 g/mol. The van der Waals surface area contributed by atoms with Crippen LogP contribution in [0.15, 0.2) is 36.4 Å². The molecule has 4 fully saturated rings. The third-order valence-electron chi connectivity index (χ3n) is 13.5. The molecule has 2 N–H and O–H groups in total. The number of nitrogens with zero attached hydrogens (tertiary/aromatic N) is 4. The predicted molar refractivity (Wildman–Crippen MR) is 180 cm³/mol. The Balaban J connectivity index is 1.29. The van der Waals surface area contributed by atoms with E-state index in [0.717, 1.165) is 36.8 Å². The fourth-order valence-electron chi connectivity index (χ4n) is 10.9. The standard InChI is InChI=1S/C36H46N4O10/c1-39(20-22-13-26(37(45)46)5-11-32(22)49-3)28-7-8-29(39)16-24(15-28)36(35(43)44,19-34(41)42)25-17-30-9-10-31(18-25)40(30,2)21-23-14-27(38(47)48)6-12-33(23)50-4/h5-6,11-14,24-25,28-31H,7-10,15-21H2,1-4H3/p+2. The molecule has 0 aromatic heterocycles. The third kappa shape index (κ3) is 5.85. The Bertz CT molecular complexity index is 1560. The molecule has 0 aliphatic carbocycles. The van der Waals surface area contributed by atoms with Crippen LogP contribution in [0.1, 0.15) is 68.9 Å².